The van der Waals surface area contributed by atoms with Gasteiger partial charge in [0.2, 0.25) is 10.0 Å². The van der Waals surface area contributed by atoms with Gasteiger partial charge in [-0.05, 0) is 41.1 Å². The first-order chi connectivity index (χ1) is 14.8. The van der Waals surface area contributed by atoms with Crippen molar-refractivity contribution in [2.45, 2.75) is 4.90 Å². The van der Waals surface area contributed by atoms with Gasteiger partial charge in [-0.3, -0.25) is 4.79 Å². The number of hydrogen-bond acceptors (Lipinski definition) is 4. The molecule has 1 saturated heterocycles. The molecular formula is C22H20Cl2N2O4S. The molecule has 1 aliphatic heterocycles. The van der Waals surface area contributed by atoms with Gasteiger partial charge in [0, 0.05) is 31.2 Å². The fraction of sp³-hybridized carbons (Fsp3) is 0.227. The summed E-state index contributed by atoms with van der Waals surface area (Å²) in [6.45, 7) is 0.858. The molecule has 3 aromatic rings. The predicted molar refractivity (Wildman–Crippen MR) is 121 cm³/mol. The molecule has 1 amide bonds. The molecule has 0 aromatic heterocycles. The molecule has 162 valence electrons. The number of halogens is 2. The summed E-state index contributed by atoms with van der Waals surface area (Å²) < 4.78 is 33.0. The molecule has 0 spiro atoms. The zero-order valence-corrected chi connectivity index (χ0v) is 18.8. The largest absolute Gasteiger partial charge is 0.482 e. The summed E-state index contributed by atoms with van der Waals surface area (Å²) >= 11 is 11.9. The second-order valence-electron chi connectivity index (χ2n) is 7.16. The van der Waals surface area contributed by atoms with Crippen LogP contribution in [0.25, 0.3) is 10.8 Å². The first-order valence-corrected chi connectivity index (χ1v) is 11.9. The highest BCUT2D eigenvalue weighted by Crippen LogP contribution is 2.27. The van der Waals surface area contributed by atoms with Crippen molar-refractivity contribution < 1.29 is 17.9 Å². The highest BCUT2D eigenvalue weighted by Gasteiger charge is 2.30. The van der Waals surface area contributed by atoms with E-state index in [0.717, 1.165) is 10.8 Å². The third-order valence-corrected chi connectivity index (χ3v) is 7.62. The normalized spacial score (nSPS) is 15.2. The van der Waals surface area contributed by atoms with E-state index in [4.69, 9.17) is 27.9 Å². The Labute approximate surface area is 191 Å². The van der Waals surface area contributed by atoms with Crippen LogP contribution < -0.4 is 4.74 Å². The van der Waals surface area contributed by atoms with Gasteiger partial charge in [0.1, 0.15) is 5.75 Å². The van der Waals surface area contributed by atoms with E-state index < -0.39 is 10.0 Å². The summed E-state index contributed by atoms with van der Waals surface area (Å²) in [5, 5.41) is 2.66. The van der Waals surface area contributed by atoms with Crippen LogP contribution in [0.2, 0.25) is 10.0 Å². The number of amides is 1. The number of ether oxygens (including phenoxy) is 1. The van der Waals surface area contributed by atoms with Gasteiger partial charge in [-0.2, -0.15) is 4.31 Å². The molecule has 1 heterocycles. The summed E-state index contributed by atoms with van der Waals surface area (Å²) in [7, 11) is -3.63. The number of carbonyl (C=O) groups is 1. The molecule has 31 heavy (non-hydrogen) atoms. The van der Waals surface area contributed by atoms with Crippen molar-refractivity contribution in [2.24, 2.45) is 0 Å². The van der Waals surface area contributed by atoms with Crippen LogP contribution in [0.4, 0.5) is 0 Å². The quantitative estimate of drug-likeness (QED) is 0.554. The van der Waals surface area contributed by atoms with Gasteiger partial charge in [-0.25, -0.2) is 8.42 Å². The maximum absolute atomic E-state index is 13.1. The molecule has 0 aliphatic carbocycles. The predicted octanol–water partition coefficient (Wildman–Crippen LogP) is 4.06. The Morgan fingerprint density at radius 1 is 0.903 bits per heavy atom. The number of piperazine rings is 1. The first kappa shape index (κ1) is 21.9. The molecule has 4 rings (SSSR count). The summed E-state index contributed by atoms with van der Waals surface area (Å²) in [6, 6.07) is 17.5. The van der Waals surface area contributed by atoms with Crippen molar-refractivity contribution in [3.05, 3.63) is 70.7 Å². The summed E-state index contributed by atoms with van der Waals surface area (Å²) in [5.74, 6) is 0.144. The zero-order chi connectivity index (χ0) is 22.0. The molecule has 9 heteroatoms. The van der Waals surface area contributed by atoms with Gasteiger partial charge < -0.3 is 9.64 Å². The van der Waals surface area contributed by atoms with Crippen molar-refractivity contribution in [3.8, 4) is 5.75 Å². The Morgan fingerprint density at radius 2 is 1.61 bits per heavy atom. The Balaban J connectivity index is 1.37. The lowest BCUT2D eigenvalue weighted by molar-refractivity contribution is -0.134. The minimum atomic E-state index is -3.63. The van der Waals surface area contributed by atoms with Crippen LogP contribution in [-0.2, 0) is 14.8 Å². The van der Waals surface area contributed by atoms with Crippen LogP contribution in [-0.4, -0.2) is 56.3 Å². The zero-order valence-electron chi connectivity index (χ0n) is 16.5. The summed E-state index contributed by atoms with van der Waals surface area (Å²) in [6.07, 6.45) is 0. The third kappa shape index (κ3) is 4.80. The van der Waals surface area contributed by atoms with E-state index in [-0.39, 0.29) is 30.5 Å². The van der Waals surface area contributed by atoms with E-state index in [0.29, 0.717) is 28.9 Å². The standard InChI is InChI=1S/C22H20Cl2N2O4S/c23-18-6-8-21(20(24)14-18)30-15-22(27)25-9-11-26(12-10-25)31(28,29)19-7-5-16-3-1-2-4-17(16)13-19/h1-8,13-14H,9-12,15H2. The van der Waals surface area contributed by atoms with E-state index in [1.807, 2.05) is 24.3 Å². The molecule has 6 nitrogen and oxygen atoms in total. The van der Waals surface area contributed by atoms with E-state index in [2.05, 4.69) is 0 Å². The van der Waals surface area contributed by atoms with Crippen LogP contribution in [0, 0.1) is 0 Å². The van der Waals surface area contributed by atoms with Crippen molar-refractivity contribution in [3.63, 3.8) is 0 Å². The fourth-order valence-corrected chi connectivity index (χ4v) is 5.40. The first-order valence-electron chi connectivity index (χ1n) is 9.69. The SMILES string of the molecule is O=C(COc1ccc(Cl)cc1Cl)N1CCN(S(=O)(=O)c2ccc3ccccc3c2)CC1. The minimum Gasteiger partial charge on any atom is -0.482 e. The van der Waals surface area contributed by atoms with Crippen molar-refractivity contribution in [2.75, 3.05) is 32.8 Å². The number of hydrogen-bond donors (Lipinski definition) is 0. The number of rotatable bonds is 5. The lowest BCUT2D eigenvalue weighted by Gasteiger charge is -2.34. The molecule has 3 aromatic carbocycles. The molecule has 1 fully saturated rings. The second kappa shape index (κ2) is 9.04. The molecule has 0 bridgehead atoms. The Bertz CT molecular complexity index is 1230. The molecule has 0 N–H and O–H groups in total. The summed E-state index contributed by atoms with van der Waals surface area (Å²) in [5.41, 5.74) is 0. The van der Waals surface area contributed by atoms with Crippen LogP contribution in [0.15, 0.2) is 65.6 Å². The Hall–Kier alpha value is -2.32. The molecule has 0 saturated carbocycles. The van der Waals surface area contributed by atoms with Gasteiger partial charge in [0.25, 0.3) is 5.91 Å². The topological polar surface area (TPSA) is 66.9 Å². The van der Waals surface area contributed by atoms with E-state index in [1.165, 1.54) is 4.31 Å². The molecular weight excluding hydrogens is 459 g/mol. The average Bonchev–Trinajstić information content (AvgIpc) is 2.78. The van der Waals surface area contributed by atoms with Crippen LogP contribution in [0.1, 0.15) is 0 Å². The number of fused-ring (bicyclic) bond motifs is 1. The maximum Gasteiger partial charge on any atom is 0.260 e. The Kier molecular flexibility index (Phi) is 6.39. The van der Waals surface area contributed by atoms with Gasteiger partial charge in [0.15, 0.2) is 6.61 Å². The number of sulfonamides is 1. The maximum atomic E-state index is 13.1. The van der Waals surface area contributed by atoms with Crippen LogP contribution >= 0.6 is 23.2 Å². The Morgan fingerprint density at radius 3 is 2.32 bits per heavy atom. The van der Waals surface area contributed by atoms with Gasteiger partial charge >= 0.3 is 0 Å². The highest BCUT2D eigenvalue weighted by atomic mass is 35.5. The summed E-state index contributed by atoms with van der Waals surface area (Å²) in [4.78, 5) is 14.3. The monoisotopic (exact) mass is 478 g/mol. The molecule has 0 unspecified atom stereocenters. The molecule has 0 radical (unpaired) electrons. The molecule has 1 aliphatic rings. The van der Waals surface area contributed by atoms with E-state index in [9.17, 15) is 13.2 Å². The lowest BCUT2D eigenvalue weighted by Crippen LogP contribution is -2.51. The third-order valence-electron chi connectivity index (χ3n) is 5.20. The van der Waals surface area contributed by atoms with Crippen LogP contribution in [0.3, 0.4) is 0 Å². The highest BCUT2D eigenvalue weighted by molar-refractivity contribution is 7.89. The average molecular weight is 479 g/mol. The van der Waals surface area contributed by atoms with E-state index in [1.54, 1.807) is 41.3 Å². The van der Waals surface area contributed by atoms with Gasteiger partial charge in [0.05, 0.1) is 9.92 Å². The number of benzene rings is 3. The van der Waals surface area contributed by atoms with Gasteiger partial charge in [-0.1, -0.05) is 53.5 Å². The number of carbonyl (C=O) groups excluding carboxylic acids is 1. The minimum absolute atomic E-state index is 0.182. The van der Waals surface area contributed by atoms with E-state index >= 15 is 0 Å². The molecule has 0 atom stereocenters. The van der Waals surface area contributed by atoms with Crippen LogP contribution in [0.5, 0.6) is 5.75 Å². The van der Waals surface area contributed by atoms with Crippen molar-refractivity contribution in [1.29, 1.82) is 0 Å². The second-order valence-corrected chi connectivity index (χ2v) is 9.94. The fourth-order valence-electron chi connectivity index (χ4n) is 3.48. The smallest absolute Gasteiger partial charge is 0.260 e. The van der Waals surface area contributed by atoms with Gasteiger partial charge in [-0.15, -0.1) is 0 Å². The lowest BCUT2D eigenvalue weighted by atomic mass is 10.1. The van der Waals surface area contributed by atoms with Crippen molar-refractivity contribution in [1.82, 2.24) is 9.21 Å². The van der Waals surface area contributed by atoms with Crippen molar-refractivity contribution >= 4 is 49.9 Å². The number of nitrogens with zero attached hydrogens (tertiary/aromatic N) is 2.